The molecule has 0 amide bonds. The van der Waals surface area contributed by atoms with Crippen molar-refractivity contribution >= 4 is 17.2 Å². The summed E-state index contributed by atoms with van der Waals surface area (Å²) in [7, 11) is 0. The molecule has 2 rings (SSSR count). The summed E-state index contributed by atoms with van der Waals surface area (Å²) in [5, 5.41) is 3.34. The quantitative estimate of drug-likeness (QED) is 0.621. The number of unbranched alkanes of at least 4 members (excludes halogenated alkanes) is 1. The molecule has 0 saturated heterocycles. The maximum absolute atomic E-state index is 12.5. The fraction of sp³-hybridized carbons (Fsp3) is 0.350. The van der Waals surface area contributed by atoms with E-state index in [0.717, 1.165) is 42.6 Å². The second kappa shape index (κ2) is 8.38. The van der Waals surface area contributed by atoms with Gasteiger partial charge in [-0.1, -0.05) is 44.9 Å². The molecule has 0 radical (unpaired) electrons. The van der Waals surface area contributed by atoms with Crippen molar-refractivity contribution in [3.8, 4) is 0 Å². The monoisotopic (exact) mass is 295 g/mol. The highest BCUT2D eigenvalue weighted by Gasteiger charge is 2.17. The van der Waals surface area contributed by atoms with Gasteiger partial charge in [0.2, 0.25) is 0 Å². The Morgan fingerprint density at radius 2 is 1.59 bits per heavy atom. The zero-order valence-electron chi connectivity index (χ0n) is 13.5. The van der Waals surface area contributed by atoms with Gasteiger partial charge in [-0.2, -0.15) is 0 Å². The minimum atomic E-state index is 0.160. The van der Waals surface area contributed by atoms with Crippen LogP contribution in [0, 0.1) is 5.92 Å². The molecule has 0 aliphatic rings. The average Bonchev–Trinajstić information content (AvgIpc) is 2.57. The van der Waals surface area contributed by atoms with Crippen LogP contribution in [-0.4, -0.2) is 5.78 Å². The van der Waals surface area contributed by atoms with Gasteiger partial charge in [0.15, 0.2) is 5.78 Å². The number of anilines is 2. The Hall–Kier alpha value is -2.09. The lowest BCUT2D eigenvalue weighted by Crippen LogP contribution is -2.14. The second-order valence-electron chi connectivity index (χ2n) is 5.68. The summed E-state index contributed by atoms with van der Waals surface area (Å²) in [6.45, 7) is 4.27. The van der Waals surface area contributed by atoms with Crippen molar-refractivity contribution in [3.63, 3.8) is 0 Å². The first kappa shape index (κ1) is 16.3. The van der Waals surface area contributed by atoms with E-state index in [1.165, 1.54) is 0 Å². The highest BCUT2D eigenvalue weighted by atomic mass is 16.1. The number of carbonyl (C=O) groups is 1. The Labute approximate surface area is 133 Å². The maximum atomic E-state index is 12.5. The molecule has 2 nitrogen and oxygen atoms in total. The third-order valence-electron chi connectivity index (χ3n) is 4.00. The highest BCUT2D eigenvalue weighted by Crippen LogP contribution is 2.21. The number of benzene rings is 2. The first-order chi connectivity index (χ1) is 10.7. The van der Waals surface area contributed by atoms with Crippen LogP contribution < -0.4 is 5.32 Å². The van der Waals surface area contributed by atoms with E-state index in [2.05, 4.69) is 19.2 Å². The van der Waals surface area contributed by atoms with Gasteiger partial charge in [-0.3, -0.25) is 4.79 Å². The average molecular weight is 295 g/mol. The molecular formula is C20H25NO. The molecule has 0 aromatic heterocycles. The van der Waals surface area contributed by atoms with Gasteiger partial charge in [0.25, 0.3) is 0 Å². The Kier molecular flexibility index (Phi) is 6.20. The molecule has 1 atom stereocenters. The molecule has 0 fully saturated rings. The van der Waals surface area contributed by atoms with Crippen molar-refractivity contribution in [2.24, 2.45) is 5.92 Å². The van der Waals surface area contributed by atoms with Crippen molar-refractivity contribution in [1.29, 1.82) is 0 Å². The fourth-order valence-corrected chi connectivity index (χ4v) is 2.61. The fourth-order valence-electron chi connectivity index (χ4n) is 2.61. The van der Waals surface area contributed by atoms with Crippen LogP contribution in [0.15, 0.2) is 54.6 Å². The molecular weight excluding hydrogens is 270 g/mol. The number of para-hydroxylation sites is 1. The van der Waals surface area contributed by atoms with Crippen molar-refractivity contribution in [3.05, 3.63) is 60.2 Å². The van der Waals surface area contributed by atoms with Crippen LogP contribution in [0.1, 0.15) is 49.9 Å². The van der Waals surface area contributed by atoms with Crippen LogP contribution in [0.4, 0.5) is 11.4 Å². The number of Topliss-reactive ketones (excluding diaryl/α,β-unsaturated/α-hetero) is 1. The van der Waals surface area contributed by atoms with Crippen LogP contribution in [0.2, 0.25) is 0 Å². The first-order valence-corrected chi connectivity index (χ1v) is 8.21. The summed E-state index contributed by atoms with van der Waals surface area (Å²) in [6.07, 6.45) is 4.18. The number of hydrogen-bond acceptors (Lipinski definition) is 2. The van der Waals surface area contributed by atoms with Crippen LogP contribution in [0.5, 0.6) is 0 Å². The summed E-state index contributed by atoms with van der Waals surface area (Å²) in [5.41, 5.74) is 2.88. The molecule has 0 aliphatic carbocycles. The molecule has 0 saturated carbocycles. The van der Waals surface area contributed by atoms with E-state index in [1.54, 1.807) is 0 Å². The molecule has 1 unspecified atom stereocenters. The Morgan fingerprint density at radius 3 is 2.18 bits per heavy atom. The summed E-state index contributed by atoms with van der Waals surface area (Å²) < 4.78 is 0. The second-order valence-corrected chi connectivity index (χ2v) is 5.68. The Morgan fingerprint density at radius 1 is 0.955 bits per heavy atom. The molecule has 22 heavy (non-hydrogen) atoms. The normalized spacial score (nSPS) is 11.9. The van der Waals surface area contributed by atoms with Gasteiger partial charge in [-0.25, -0.2) is 0 Å². The van der Waals surface area contributed by atoms with Crippen molar-refractivity contribution in [2.45, 2.75) is 39.5 Å². The molecule has 0 spiro atoms. The summed E-state index contributed by atoms with van der Waals surface area (Å²) in [6, 6.07) is 17.9. The molecule has 2 aromatic carbocycles. The van der Waals surface area contributed by atoms with Crippen molar-refractivity contribution in [1.82, 2.24) is 0 Å². The predicted molar refractivity (Wildman–Crippen MR) is 93.8 cm³/mol. The van der Waals surface area contributed by atoms with E-state index < -0.39 is 0 Å². The van der Waals surface area contributed by atoms with E-state index in [4.69, 9.17) is 0 Å². The number of ketones is 1. The van der Waals surface area contributed by atoms with Crippen molar-refractivity contribution in [2.75, 3.05) is 5.32 Å². The number of hydrogen-bond donors (Lipinski definition) is 1. The minimum Gasteiger partial charge on any atom is -0.356 e. The summed E-state index contributed by atoms with van der Waals surface area (Å²) >= 11 is 0. The van der Waals surface area contributed by atoms with Crippen LogP contribution in [-0.2, 0) is 0 Å². The third kappa shape index (κ3) is 4.45. The van der Waals surface area contributed by atoms with Gasteiger partial charge < -0.3 is 5.32 Å². The lowest BCUT2D eigenvalue weighted by Gasteiger charge is -2.14. The molecule has 2 aromatic rings. The van der Waals surface area contributed by atoms with E-state index >= 15 is 0 Å². The SMILES string of the molecule is CCCCC(CC)C(=O)c1ccc(Nc2ccccc2)cc1. The zero-order valence-corrected chi connectivity index (χ0v) is 13.5. The topological polar surface area (TPSA) is 29.1 Å². The van der Waals surface area contributed by atoms with E-state index in [1.807, 2.05) is 54.6 Å². The highest BCUT2D eigenvalue weighted by molar-refractivity contribution is 5.98. The lowest BCUT2D eigenvalue weighted by molar-refractivity contribution is 0.0908. The van der Waals surface area contributed by atoms with Crippen LogP contribution in [0.3, 0.4) is 0 Å². The maximum Gasteiger partial charge on any atom is 0.165 e. The Balaban J connectivity index is 2.03. The van der Waals surface area contributed by atoms with Gasteiger partial charge in [0.05, 0.1) is 0 Å². The lowest BCUT2D eigenvalue weighted by atomic mass is 9.90. The van der Waals surface area contributed by atoms with Crippen molar-refractivity contribution < 1.29 is 4.79 Å². The van der Waals surface area contributed by atoms with Gasteiger partial charge >= 0.3 is 0 Å². The minimum absolute atomic E-state index is 0.160. The molecule has 2 heteroatoms. The van der Waals surface area contributed by atoms with Crippen LogP contribution in [0.25, 0.3) is 0 Å². The van der Waals surface area contributed by atoms with E-state index in [-0.39, 0.29) is 11.7 Å². The zero-order chi connectivity index (χ0) is 15.8. The third-order valence-corrected chi connectivity index (χ3v) is 4.00. The van der Waals surface area contributed by atoms with Gasteiger partial charge in [0.1, 0.15) is 0 Å². The largest absolute Gasteiger partial charge is 0.356 e. The van der Waals surface area contributed by atoms with Gasteiger partial charge in [-0.15, -0.1) is 0 Å². The molecule has 0 bridgehead atoms. The number of nitrogens with one attached hydrogen (secondary N) is 1. The summed E-state index contributed by atoms with van der Waals surface area (Å²) in [4.78, 5) is 12.5. The smallest absolute Gasteiger partial charge is 0.165 e. The predicted octanol–water partition coefficient (Wildman–Crippen LogP) is 5.83. The van der Waals surface area contributed by atoms with Crippen LogP contribution >= 0.6 is 0 Å². The van der Waals surface area contributed by atoms with E-state index in [0.29, 0.717) is 0 Å². The van der Waals surface area contributed by atoms with E-state index in [9.17, 15) is 4.79 Å². The first-order valence-electron chi connectivity index (χ1n) is 8.21. The van der Waals surface area contributed by atoms with Gasteiger partial charge in [0, 0.05) is 22.9 Å². The summed E-state index contributed by atoms with van der Waals surface area (Å²) in [5.74, 6) is 0.440. The standard InChI is InChI=1S/C20H25NO/c1-3-5-9-16(4-2)20(22)17-12-14-19(15-13-17)21-18-10-7-6-8-11-18/h6-8,10-16,21H,3-5,9H2,1-2H3. The molecule has 1 N–H and O–H groups in total. The molecule has 0 aliphatic heterocycles. The molecule has 116 valence electrons. The Bertz CT molecular complexity index is 574. The molecule has 0 heterocycles. The number of carbonyl (C=O) groups excluding carboxylic acids is 1. The number of rotatable bonds is 8. The van der Waals surface area contributed by atoms with Gasteiger partial charge in [-0.05, 0) is 49.2 Å².